The molecule has 5 aromatic rings. The SMILES string of the molecule is Cc1ccc(-n2ncc(C(=O)NCCc3c[nH]c4ccccc34)c2-n2cccc2)cc1. The van der Waals surface area contributed by atoms with Crippen molar-refractivity contribution < 1.29 is 4.79 Å². The lowest BCUT2D eigenvalue weighted by Gasteiger charge is -2.11. The van der Waals surface area contributed by atoms with Crippen LogP contribution in [0.1, 0.15) is 21.5 Å². The first kappa shape index (κ1) is 18.9. The molecule has 0 atom stereocenters. The Morgan fingerprint density at radius 1 is 1.03 bits per heavy atom. The lowest BCUT2D eigenvalue weighted by atomic mass is 10.1. The van der Waals surface area contributed by atoms with Gasteiger partial charge in [0.05, 0.1) is 11.9 Å². The first-order chi connectivity index (χ1) is 15.2. The molecule has 0 fully saturated rings. The number of H-pyrrole nitrogens is 1. The van der Waals surface area contributed by atoms with Crippen molar-refractivity contribution in [2.45, 2.75) is 13.3 Å². The molecule has 2 N–H and O–H groups in total. The number of fused-ring (bicyclic) bond motifs is 1. The maximum atomic E-state index is 13.1. The molecule has 0 aliphatic heterocycles. The van der Waals surface area contributed by atoms with Gasteiger partial charge >= 0.3 is 0 Å². The molecule has 5 rings (SSSR count). The van der Waals surface area contributed by atoms with Crippen LogP contribution in [0.4, 0.5) is 0 Å². The van der Waals surface area contributed by atoms with Crippen molar-refractivity contribution in [2.75, 3.05) is 6.54 Å². The zero-order valence-corrected chi connectivity index (χ0v) is 17.2. The summed E-state index contributed by atoms with van der Waals surface area (Å²) in [5, 5.41) is 8.77. The van der Waals surface area contributed by atoms with Gasteiger partial charge in [-0.15, -0.1) is 0 Å². The number of para-hydroxylation sites is 1. The first-order valence-corrected chi connectivity index (χ1v) is 10.3. The maximum absolute atomic E-state index is 13.1. The third-order valence-electron chi connectivity index (χ3n) is 5.47. The largest absolute Gasteiger partial charge is 0.361 e. The number of benzene rings is 2. The highest BCUT2D eigenvalue weighted by Crippen LogP contribution is 2.21. The fourth-order valence-electron chi connectivity index (χ4n) is 3.85. The fourth-order valence-corrected chi connectivity index (χ4v) is 3.85. The summed E-state index contributed by atoms with van der Waals surface area (Å²) in [6, 6.07) is 20.2. The molecule has 1 amide bonds. The predicted octanol–water partition coefficient (Wildman–Crippen LogP) is 4.43. The van der Waals surface area contributed by atoms with Gasteiger partial charge in [-0.3, -0.25) is 4.79 Å². The molecule has 0 saturated carbocycles. The Bertz CT molecular complexity index is 1330. The lowest BCUT2D eigenvalue weighted by molar-refractivity contribution is 0.0954. The summed E-state index contributed by atoms with van der Waals surface area (Å²) in [6.45, 7) is 2.59. The smallest absolute Gasteiger partial charge is 0.256 e. The van der Waals surface area contributed by atoms with E-state index in [1.54, 1.807) is 10.9 Å². The molecule has 6 heteroatoms. The number of carbonyl (C=O) groups is 1. The Morgan fingerprint density at radius 2 is 1.81 bits per heavy atom. The summed E-state index contributed by atoms with van der Waals surface area (Å²) in [4.78, 5) is 16.3. The standard InChI is InChI=1S/C25H23N5O/c1-18-8-10-20(11-9-18)30-25(29-14-4-5-15-29)22(17-28-30)24(31)26-13-12-19-16-27-23-7-3-2-6-21(19)23/h2-11,14-17,27H,12-13H2,1H3,(H,26,31). The normalized spacial score (nSPS) is 11.1. The van der Waals surface area contributed by atoms with Gasteiger partial charge in [0, 0.05) is 36.0 Å². The van der Waals surface area contributed by atoms with Crippen LogP contribution in [0.25, 0.3) is 22.4 Å². The minimum Gasteiger partial charge on any atom is -0.361 e. The number of aromatic nitrogens is 4. The summed E-state index contributed by atoms with van der Waals surface area (Å²) in [5.41, 5.74) is 4.92. The Hall–Kier alpha value is -4.06. The van der Waals surface area contributed by atoms with Gasteiger partial charge in [-0.25, -0.2) is 4.68 Å². The molecule has 0 saturated heterocycles. The fraction of sp³-hybridized carbons (Fsp3) is 0.120. The van der Waals surface area contributed by atoms with Crippen molar-refractivity contribution >= 4 is 16.8 Å². The van der Waals surface area contributed by atoms with Gasteiger partial charge in [-0.05, 0) is 49.2 Å². The van der Waals surface area contributed by atoms with E-state index in [9.17, 15) is 4.79 Å². The second-order valence-corrected chi connectivity index (χ2v) is 7.58. The van der Waals surface area contributed by atoms with Crippen molar-refractivity contribution in [3.05, 3.63) is 102 Å². The van der Waals surface area contributed by atoms with E-state index in [-0.39, 0.29) is 5.91 Å². The molecule has 0 aliphatic rings. The van der Waals surface area contributed by atoms with E-state index in [1.807, 2.05) is 78.6 Å². The van der Waals surface area contributed by atoms with Crippen molar-refractivity contribution in [3.8, 4) is 11.5 Å². The van der Waals surface area contributed by atoms with Crippen LogP contribution in [-0.4, -0.2) is 31.8 Å². The first-order valence-electron chi connectivity index (χ1n) is 10.3. The summed E-state index contributed by atoms with van der Waals surface area (Å²) in [7, 11) is 0. The van der Waals surface area contributed by atoms with E-state index in [1.165, 1.54) is 16.5 Å². The van der Waals surface area contributed by atoms with Crippen molar-refractivity contribution in [1.82, 2.24) is 24.6 Å². The number of nitrogens with one attached hydrogen (secondary N) is 2. The average molecular weight is 409 g/mol. The minimum absolute atomic E-state index is 0.137. The second kappa shape index (κ2) is 7.99. The molecular formula is C25H23N5O. The van der Waals surface area contributed by atoms with Crippen molar-refractivity contribution in [2.24, 2.45) is 0 Å². The summed E-state index contributed by atoms with van der Waals surface area (Å²) in [6.07, 6.45) is 8.24. The highest BCUT2D eigenvalue weighted by Gasteiger charge is 2.19. The molecular weight excluding hydrogens is 386 g/mol. The molecule has 0 aliphatic carbocycles. The zero-order chi connectivity index (χ0) is 21.2. The van der Waals surface area contributed by atoms with Gasteiger partial charge in [-0.1, -0.05) is 35.9 Å². The highest BCUT2D eigenvalue weighted by molar-refractivity contribution is 5.97. The molecule has 0 bridgehead atoms. The van der Waals surface area contributed by atoms with Gasteiger partial charge in [0.15, 0.2) is 5.82 Å². The van der Waals surface area contributed by atoms with Crippen LogP contribution >= 0.6 is 0 Å². The number of hydrogen-bond acceptors (Lipinski definition) is 2. The second-order valence-electron chi connectivity index (χ2n) is 7.58. The third-order valence-corrected chi connectivity index (χ3v) is 5.47. The number of aromatic amines is 1. The van der Waals surface area contributed by atoms with Gasteiger partial charge in [0.1, 0.15) is 5.56 Å². The van der Waals surface area contributed by atoms with Crippen LogP contribution in [-0.2, 0) is 6.42 Å². The molecule has 6 nitrogen and oxygen atoms in total. The number of hydrogen-bond donors (Lipinski definition) is 2. The molecule has 0 unspecified atom stereocenters. The molecule has 0 spiro atoms. The van der Waals surface area contributed by atoms with E-state index in [0.29, 0.717) is 12.1 Å². The molecule has 3 heterocycles. The Labute approximate surface area is 180 Å². The molecule has 0 radical (unpaired) electrons. The van der Waals surface area contributed by atoms with Gasteiger partial charge < -0.3 is 14.9 Å². The Balaban J connectivity index is 1.39. The number of aryl methyl sites for hydroxylation is 1. The van der Waals surface area contributed by atoms with E-state index in [0.717, 1.165) is 23.4 Å². The van der Waals surface area contributed by atoms with Gasteiger partial charge in [-0.2, -0.15) is 5.10 Å². The van der Waals surface area contributed by atoms with Crippen molar-refractivity contribution in [1.29, 1.82) is 0 Å². The maximum Gasteiger partial charge on any atom is 0.256 e. The summed E-state index contributed by atoms with van der Waals surface area (Å²) >= 11 is 0. The zero-order valence-electron chi connectivity index (χ0n) is 17.2. The average Bonchev–Trinajstić information content (AvgIpc) is 3.54. The Morgan fingerprint density at radius 3 is 2.61 bits per heavy atom. The number of rotatable bonds is 6. The van der Waals surface area contributed by atoms with E-state index < -0.39 is 0 Å². The van der Waals surface area contributed by atoms with E-state index in [2.05, 4.69) is 27.5 Å². The topological polar surface area (TPSA) is 67.6 Å². The molecule has 3 aromatic heterocycles. The van der Waals surface area contributed by atoms with Crippen LogP contribution < -0.4 is 5.32 Å². The Kier molecular flexibility index (Phi) is 4.88. The van der Waals surface area contributed by atoms with Crippen LogP contribution in [0.15, 0.2) is 85.5 Å². The molecule has 31 heavy (non-hydrogen) atoms. The third kappa shape index (κ3) is 3.64. The number of amides is 1. The highest BCUT2D eigenvalue weighted by atomic mass is 16.1. The van der Waals surface area contributed by atoms with E-state index in [4.69, 9.17) is 0 Å². The van der Waals surface area contributed by atoms with Crippen LogP contribution in [0, 0.1) is 6.92 Å². The van der Waals surface area contributed by atoms with Crippen LogP contribution in [0.3, 0.4) is 0 Å². The van der Waals surface area contributed by atoms with Crippen LogP contribution in [0.2, 0.25) is 0 Å². The molecule has 2 aromatic carbocycles. The summed E-state index contributed by atoms with van der Waals surface area (Å²) in [5.74, 6) is 0.584. The van der Waals surface area contributed by atoms with E-state index >= 15 is 0 Å². The molecule has 154 valence electrons. The van der Waals surface area contributed by atoms with Gasteiger partial charge in [0.2, 0.25) is 0 Å². The minimum atomic E-state index is -0.137. The monoisotopic (exact) mass is 409 g/mol. The van der Waals surface area contributed by atoms with Gasteiger partial charge in [0.25, 0.3) is 5.91 Å². The van der Waals surface area contributed by atoms with Crippen molar-refractivity contribution in [3.63, 3.8) is 0 Å². The van der Waals surface area contributed by atoms with Crippen LogP contribution in [0.5, 0.6) is 0 Å². The lowest BCUT2D eigenvalue weighted by Crippen LogP contribution is -2.26. The summed E-state index contributed by atoms with van der Waals surface area (Å²) < 4.78 is 3.72. The quantitative estimate of drug-likeness (QED) is 0.436. The number of nitrogens with zero attached hydrogens (tertiary/aromatic N) is 3. The predicted molar refractivity (Wildman–Crippen MR) is 122 cm³/mol. The number of carbonyl (C=O) groups excluding carboxylic acids is 1.